The lowest BCUT2D eigenvalue weighted by Gasteiger charge is -2.28. The van der Waals surface area contributed by atoms with Crippen molar-refractivity contribution in [1.29, 1.82) is 0 Å². The molecular weight excluding hydrogens is 398 g/mol. The summed E-state index contributed by atoms with van der Waals surface area (Å²) in [7, 11) is 1.62. The highest BCUT2D eigenvalue weighted by Crippen LogP contribution is 2.21. The van der Waals surface area contributed by atoms with Crippen LogP contribution in [0.2, 0.25) is 0 Å². The van der Waals surface area contributed by atoms with E-state index in [-0.39, 0.29) is 12.6 Å². The highest BCUT2D eigenvalue weighted by atomic mass is 16.5. The minimum Gasteiger partial charge on any atom is -0.497 e. The number of hydrogen-bond donors (Lipinski definition) is 2. The summed E-state index contributed by atoms with van der Waals surface area (Å²) in [5.41, 5.74) is 1.64. The van der Waals surface area contributed by atoms with Gasteiger partial charge in [-0.05, 0) is 43.5 Å². The van der Waals surface area contributed by atoms with Crippen molar-refractivity contribution in [3.05, 3.63) is 29.6 Å². The molecule has 2 aliphatic heterocycles. The van der Waals surface area contributed by atoms with Gasteiger partial charge in [0, 0.05) is 31.9 Å². The van der Waals surface area contributed by atoms with Gasteiger partial charge in [-0.25, -0.2) is 4.79 Å². The van der Waals surface area contributed by atoms with E-state index in [9.17, 15) is 4.79 Å². The number of nitrogens with one attached hydrogen (secondary N) is 2. The molecule has 3 heterocycles. The molecule has 0 bridgehead atoms. The molecule has 31 heavy (non-hydrogen) atoms. The zero-order valence-electron chi connectivity index (χ0n) is 18.1. The molecule has 1 aromatic carbocycles. The predicted molar refractivity (Wildman–Crippen MR) is 118 cm³/mol. The number of morpholine rings is 1. The fourth-order valence-corrected chi connectivity index (χ4v) is 3.67. The van der Waals surface area contributed by atoms with Crippen molar-refractivity contribution < 1.29 is 14.3 Å². The van der Waals surface area contributed by atoms with Crippen LogP contribution < -0.4 is 25.2 Å². The minimum atomic E-state index is -0.315. The van der Waals surface area contributed by atoms with Gasteiger partial charge >= 0.3 is 6.03 Å². The molecule has 0 atom stereocenters. The lowest BCUT2D eigenvalue weighted by molar-refractivity contribution is 0.122. The van der Waals surface area contributed by atoms with E-state index in [1.807, 2.05) is 25.1 Å². The van der Waals surface area contributed by atoms with E-state index in [0.717, 1.165) is 56.0 Å². The van der Waals surface area contributed by atoms with Crippen LogP contribution in [0, 0.1) is 6.92 Å². The van der Waals surface area contributed by atoms with Crippen LogP contribution in [0.1, 0.15) is 24.2 Å². The third kappa shape index (κ3) is 5.32. The third-order valence-electron chi connectivity index (χ3n) is 5.43. The number of benzene rings is 1. The van der Waals surface area contributed by atoms with Crippen molar-refractivity contribution in [3.8, 4) is 5.75 Å². The van der Waals surface area contributed by atoms with Gasteiger partial charge in [-0.15, -0.1) is 0 Å². The number of aryl methyl sites for hydroxylation is 1. The lowest BCUT2D eigenvalue weighted by atomic mass is 10.2. The van der Waals surface area contributed by atoms with Crippen LogP contribution in [-0.4, -0.2) is 67.5 Å². The first-order chi connectivity index (χ1) is 15.1. The number of aromatic nitrogens is 3. The van der Waals surface area contributed by atoms with E-state index >= 15 is 0 Å². The molecule has 2 fully saturated rings. The van der Waals surface area contributed by atoms with Crippen molar-refractivity contribution in [1.82, 2.24) is 20.3 Å². The summed E-state index contributed by atoms with van der Waals surface area (Å²) >= 11 is 0. The quantitative estimate of drug-likeness (QED) is 0.721. The molecule has 0 radical (unpaired) electrons. The van der Waals surface area contributed by atoms with Crippen LogP contribution in [0.3, 0.4) is 0 Å². The molecule has 1 aromatic heterocycles. The Labute approximate surface area is 182 Å². The first-order valence-electron chi connectivity index (χ1n) is 10.6. The Bertz CT molecular complexity index is 912. The van der Waals surface area contributed by atoms with E-state index in [2.05, 4.69) is 30.4 Å². The van der Waals surface area contributed by atoms with Gasteiger partial charge in [-0.1, -0.05) is 0 Å². The van der Waals surface area contributed by atoms with Gasteiger partial charge in [0.2, 0.25) is 11.9 Å². The molecule has 0 saturated carbocycles. The van der Waals surface area contributed by atoms with Gasteiger partial charge < -0.3 is 29.9 Å². The number of hydrogen-bond acceptors (Lipinski definition) is 8. The van der Waals surface area contributed by atoms with Gasteiger partial charge in [0.15, 0.2) is 5.82 Å². The summed E-state index contributed by atoms with van der Waals surface area (Å²) in [6.45, 7) is 6.81. The second-order valence-electron chi connectivity index (χ2n) is 7.63. The number of ether oxygens (including phenoxy) is 2. The van der Waals surface area contributed by atoms with Gasteiger partial charge in [-0.3, -0.25) is 0 Å². The Morgan fingerprint density at radius 3 is 2.39 bits per heavy atom. The average Bonchev–Trinajstić information content (AvgIpc) is 3.34. The number of methoxy groups -OCH3 is 1. The Kier molecular flexibility index (Phi) is 6.66. The smallest absolute Gasteiger partial charge is 0.319 e. The number of nitrogens with zero attached hydrogens (tertiary/aromatic N) is 5. The minimum absolute atomic E-state index is 0.210. The molecule has 10 nitrogen and oxygen atoms in total. The maximum atomic E-state index is 12.5. The first kappa shape index (κ1) is 21.1. The van der Waals surface area contributed by atoms with Crippen molar-refractivity contribution in [2.45, 2.75) is 26.3 Å². The van der Waals surface area contributed by atoms with Gasteiger partial charge in [0.25, 0.3) is 0 Å². The van der Waals surface area contributed by atoms with Crippen LogP contribution in [0.25, 0.3) is 0 Å². The molecule has 2 aliphatic rings. The largest absolute Gasteiger partial charge is 0.497 e. The van der Waals surface area contributed by atoms with Crippen LogP contribution in [0.15, 0.2) is 18.2 Å². The first-order valence-corrected chi connectivity index (χ1v) is 10.6. The molecule has 2 amide bonds. The molecular formula is C21H29N7O3. The molecule has 0 aliphatic carbocycles. The predicted octanol–water partition coefficient (Wildman–Crippen LogP) is 1.95. The third-order valence-corrected chi connectivity index (χ3v) is 5.43. The van der Waals surface area contributed by atoms with Crippen molar-refractivity contribution in [2.75, 3.05) is 61.6 Å². The maximum Gasteiger partial charge on any atom is 0.319 e. The van der Waals surface area contributed by atoms with E-state index in [4.69, 9.17) is 14.5 Å². The summed E-state index contributed by atoms with van der Waals surface area (Å²) in [6.07, 6.45) is 2.27. The van der Waals surface area contributed by atoms with Crippen LogP contribution >= 0.6 is 0 Å². The fourth-order valence-electron chi connectivity index (χ4n) is 3.67. The van der Waals surface area contributed by atoms with Crippen LogP contribution in [0.4, 0.5) is 22.4 Å². The molecule has 166 valence electrons. The molecule has 0 spiro atoms. The maximum absolute atomic E-state index is 12.5. The van der Waals surface area contributed by atoms with Crippen molar-refractivity contribution in [2.24, 2.45) is 0 Å². The van der Waals surface area contributed by atoms with E-state index in [0.29, 0.717) is 30.9 Å². The van der Waals surface area contributed by atoms with Gasteiger partial charge in [0.1, 0.15) is 5.75 Å². The normalized spacial score (nSPS) is 16.3. The second-order valence-corrected chi connectivity index (χ2v) is 7.63. The second kappa shape index (κ2) is 9.78. The average molecular weight is 428 g/mol. The molecule has 0 unspecified atom stereocenters. The number of rotatable bonds is 6. The number of carbonyl (C=O) groups is 1. The highest BCUT2D eigenvalue weighted by Gasteiger charge is 2.21. The van der Waals surface area contributed by atoms with Crippen LogP contribution in [0.5, 0.6) is 5.75 Å². The SMILES string of the molecule is COc1ccc(NC(=O)NCc2nc(N3CCCC3)nc(N3CCOCC3)n2)c(C)c1. The lowest BCUT2D eigenvalue weighted by Crippen LogP contribution is -2.38. The summed E-state index contributed by atoms with van der Waals surface area (Å²) in [5.74, 6) is 2.61. The molecule has 2 N–H and O–H groups in total. The standard InChI is InChI=1S/C21H29N7O3/c1-15-13-16(30-2)5-6-17(15)23-21(29)22-14-18-24-19(27-7-3-4-8-27)26-20(25-18)28-9-11-31-12-10-28/h5-6,13H,3-4,7-12,14H2,1-2H3,(H2,22,23,29). The van der Waals surface area contributed by atoms with Gasteiger partial charge in [0.05, 0.1) is 26.9 Å². The monoisotopic (exact) mass is 427 g/mol. The Balaban J connectivity index is 1.45. The van der Waals surface area contributed by atoms with Crippen LogP contribution in [-0.2, 0) is 11.3 Å². The fraction of sp³-hybridized carbons (Fsp3) is 0.524. The highest BCUT2D eigenvalue weighted by molar-refractivity contribution is 5.90. The number of carbonyl (C=O) groups excluding carboxylic acids is 1. The number of amides is 2. The number of anilines is 3. The Hall–Kier alpha value is -3.14. The van der Waals surface area contributed by atoms with E-state index < -0.39 is 0 Å². The Morgan fingerprint density at radius 2 is 1.74 bits per heavy atom. The van der Waals surface area contributed by atoms with E-state index in [1.54, 1.807) is 7.11 Å². The molecule has 2 saturated heterocycles. The summed E-state index contributed by atoms with van der Waals surface area (Å²) in [6, 6.07) is 5.19. The van der Waals surface area contributed by atoms with E-state index in [1.165, 1.54) is 0 Å². The molecule has 4 rings (SSSR count). The Morgan fingerprint density at radius 1 is 1.06 bits per heavy atom. The van der Waals surface area contributed by atoms with Gasteiger partial charge in [-0.2, -0.15) is 15.0 Å². The zero-order chi connectivity index (χ0) is 21.6. The summed E-state index contributed by atoms with van der Waals surface area (Å²) in [5, 5.41) is 5.72. The van der Waals surface area contributed by atoms with Crippen molar-refractivity contribution in [3.63, 3.8) is 0 Å². The zero-order valence-corrected chi connectivity index (χ0v) is 18.1. The number of urea groups is 1. The molecule has 10 heteroatoms. The van der Waals surface area contributed by atoms with Crippen molar-refractivity contribution >= 4 is 23.6 Å². The summed E-state index contributed by atoms with van der Waals surface area (Å²) < 4.78 is 10.7. The summed E-state index contributed by atoms with van der Waals surface area (Å²) in [4.78, 5) is 30.7. The molecule has 2 aromatic rings. The topological polar surface area (TPSA) is 105 Å².